The monoisotopic (exact) mass is 377 g/mol. The van der Waals surface area contributed by atoms with Gasteiger partial charge in [-0.1, -0.05) is 38.7 Å². The smallest absolute Gasteiger partial charge is 0.419 e. The maximum atomic E-state index is 13.3. The van der Waals surface area contributed by atoms with Gasteiger partial charge in [-0.2, -0.15) is 13.2 Å². The second-order valence-corrected chi connectivity index (χ2v) is 6.77. The number of benzene rings is 1. The molecule has 0 spiro atoms. The van der Waals surface area contributed by atoms with Crippen molar-refractivity contribution >= 4 is 0 Å². The molecule has 0 radical (unpaired) electrons. The molecule has 0 heterocycles. The number of aryl methyl sites for hydroxylation is 1. The van der Waals surface area contributed by atoms with Crippen molar-refractivity contribution in [2.24, 2.45) is 5.73 Å². The van der Waals surface area contributed by atoms with Gasteiger partial charge < -0.3 is 20.7 Å². The molecule has 0 bridgehead atoms. The number of nitrogens with two attached hydrogens (primary N) is 1. The maximum Gasteiger partial charge on any atom is 0.419 e. The van der Waals surface area contributed by atoms with Gasteiger partial charge in [-0.25, -0.2) is 0 Å². The first-order valence-corrected chi connectivity index (χ1v) is 9.09. The Kier molecular flexibility index (Phi) is 9.39. The van der Waals surface area contributed by atoms with Gasteiger partial charge in [0.2, 0.25) is 0 Å². The van der Waals surface area contributed by atoms with E-state index in [1.165, 1.54) is 6.07 Å². The van der Waals surface area contributed by atoms with Crippen LogP contribution < -0.4 is 10.5 Å². The topological polar surface area (TPSA) is 75.7 Å². The molecular weight excluding hydrogens is 347 g/mol. The molecule has 0 saturated heterocycles. The number of ether oxygens (including phenoxy) is 1. The quantitative estimate of drug-likeness (QED) is 0.486. The van der Waals surface area contributed by atoms with Crippen molar-refractivity contribution in [2.45, 2.75) is 63.6 Å². The molecule has 7 heteroatoms. The molecular formula is C19H30F3NO3. The summed E-state index contributed by atoms with van der Waals surface area (Å²) < 4.78 is 45.3. The highest BCUT2D eigenvalue weighted by molar-refractivity contribution is 5.39. The van der Waals surface area contributed by atoms with Gasteiger partial charge in [0, 0.05) is 0 Å². The van der Waals surface area contributed by atoms with Crippen LogP contribution in [0.15, 0.2) is 18.2 Å². The summed E-state index contributed by atoms with van der Waals surface area (Å²) >= 11 is 0. The zero-order valence-electron chi connectivity index (χ0n) is 15.3. The predicted octanol–water partition coefficient (Wildman–Crippen LogP) is 3.67. The summed E-state index contributed by atoms with van der Waals surface area (Å²) in [7, 11) is 0. The highest BCUT2D eigenvalue weighted by Crippen LogP contribution is 2.37. The predicted molar refractivity (Wildman–Crippen MR) is 95.1 cm³/mol. The van der Waals surface area contributed by atoms with Crippen LogP contribution >= 0.6 is 0 Å². The molecule has 1 aromatic carbocycles. The standard InChI is InChI=1S/C19H30F3NO3/c1-2-3-4-5-6-11-26-17-8-7-15(12-16(17)19(20,21)22)9-10-18(23,13-24)14-25/h7-8,12,24-25H,2-6,9-11,13-14,23H2,1H3. The van der Waals surface area contributed by atoms with Crippen LogP contribution in [0.3, 0.4) is 0 Å². The lowest BCUT2D eigenvalue weighted by molar-refractivity contribution is -0.139. The lowest BCUT2D eigenvalue weighted by atomic mass is 9.93. The highest BCUT2D eigenvalue weighted by Gasteiger charge is 2.35. The molecule has 0 saturated carbocycles. The van der Waals surface area contributed by atoms with Crippen molar-refractivity contribution in [2.75, 3.05) is 19.8 Å². The van der Waals surface area contributed by atoms with Crippen molar-refractivity contribution < 1.29 is 28.1 Å². The summed E-state index contributed by atoms with van der Waals surface area (Å²) in [6, 6.07) is 3.96. The van der Waals surface area contributed by atoms with Gasteiger partial charge in [0.05, 0.1) is 30.9 Å². The number of aliphatic hydroxyl groups excluding tert-OH is 2. The number of unbranched alkanes of at least 4 members (excludes halogenated alkanes) is 4. The van der Waals surface area contributed by atoms with Crippen molar-refractivity contribution in [3.8, 4) is 5.75 Å². The normalized spacial score (nSPS) is 12.4. The first kappa shape index (κ1) is 22.7. The van der Waals surface area contributed by atoms with Crippen LogP contribution in [0.5, 0.6) is 5.75 Å². The first-order chi connectivity index (χ1) is 12.3. The Morgan fingerprint density at radius 1 is 1.04 bits per heavy atom. The molecule has 150 valence electrons. The maximum absolute atomic E-state index is 13.3. The summed E-state index contributed by atoms with van der Waals surface area (Å²) in [5.41, 5.74) is 4.19. The van der Waals surface area contributed by atoms with E-state index in [4.69, 9.17) is 10.5 Å². The van der Waals surface area contributed by atoms with Crippen molar-refractivity contribution in [3.05, 3.63) is 29.3 Å². The van der Waals surface area contributed by atoms with Gasteiger partial charge in [0.15, 0.2) is 0 Å². The van der Waals surface area contributed by atoms with Crippen LogP contribution in [-0.2, 0) is 12.6 Å². The Labute approximate surface area is 153 Å². The summed E-state index contributed by atoms with van der Waals surface area (Å²) in [5, 5.41) is 18.4. The Morgan fingerprint density at radius 2 is 1.69 bits per heavy atom. The molecule has 1 aromatic rings. The average molecular weight is 377 g/mol. The molecule has 0 aromatic heterocycles. The summed E-state index contributed by atoms with van der Waals surface area (Å²) in [4.78, 5) is 0. The van der Waals surface area contributed by atoms with Crippen LogP contribution in [0.25, 0.3) is 0 Å². The third-order valence-electron chi connectivity index (χ3n) is 4.40. The van der Waals surface area contributed by atoms with E-state index in [1.54, 1.807) is 6.07 Å². The third-order valence-corrected chi connectivity index (χ3v) is 4.40. The van der Waals surface area contributed by atoms with E-state index in [2.05, 4.69) is 6.92 Å². The van der Waals surface area contributed by atoms with Gasteiger partial charge in [-0.05, 0) is 37.0 Å². The van der Waals surface area contributed by atoms with Crippen LogP contribution in [0.2, 0.25) is 0 Å². The van der Waals surface area contributed by atoms with Gasteiger partial charge in [-0.15, -0.1) is 0 Å². The van der Waals surface area contributed by atoms with E-state index in [0.29, 0.717) is 5.56 Å². The first-order valence-electron chi connectivity index (χ1n) is 9.09. The van der Waals surface area contributed by atoms with Crippen molar-refractivity contribution in [1.82, 2.24) is 0 Å². The van der Waals surface area contributed by atoms with Crippen molar-refractivity contribution in [1.29, 1.82) is 0 Å². The minimum atomic E-state index is -4.51. The molecule has 4 N–H and O–H groups in total. The van der Waals surface area contributed by atoms with Crippen LogP contribution in [0.1, 0.15) is 56.6 Å². The second kappa shape index (κ2) is 10.7. The van der Waals surface area contributed by atoms with Gasteiger partial charge >= 0.3 is 6.18 Å². The SMILES string of the molecule is CCCCCCCOc1ccc(CCC(N)(CO)CO)cc1C(F)(F)F. The van der Waals surface area contributed by atoms with Gasteiger partial charge in [0.1, 0.15) is 5.75 Å². The molecule has 26 heavy (non-hydrogen) atoms. The van der Waals surface area contributed by atoms with E-state index >= 15 is 0 Å². The molecule has 0 aliphatic heterocycles. The zero-order chi connectivity index (χ0) is 19.6. The molecule has 1 rings (SSSR count). The minimum Gasteiger partial charge on any atom is -0.493 e. The van der Waals surface area contributed by atoms with Crippen molar-refractivity contribution in [3.63, 3.8) is 0 Å². The summed E-state index contributed by atoms with van der Waals surface area (Å²) in [5.74, 6) is -0.167. The lowest BCUT2D eigenvalue weighted by Gasteiger charge is -2.24. The molecule has 0 aliphatic carbocycles. The largest absolute Gasteiger partial charge is 0.493 e. The third kappa shape index (κ3) is 7.51. The van der Waals surface area contributed by atoms with E-state index in [1.807, 2.05) is 0 Å². The van der Waals surface area contributed by atoms with Gasteiger partial charge in [-0.3, -0.25) is 0 Å². The number of alkyl halides is 3. The molecule has 0 amide bonds. The average Bonchev–Trinajstić information content (AvgIpc) is 2.62. The number of hydrogen-bond donors (Lipinski definition) is 3. The summed E-state index contributed by atoms with van der Waals surface area (Å²) in [6.45, 7) is 1.49. The fourth-order valence-corrected chi connectivity index (χ4v) is 2.57. The lowest BCUT2D eigenvalue weighted by Crippen LogP contribution is -2.47. The molecule has 0 atom stereocenters. The Bertz CT molecular complexity index is 531. The van der Waals surface area contributed by atoms with E-state index in [0.717, 1.165) is 38.2 Å². The zero-order valence-corrected chi connectivity index (χ0v) is 15.3. The molecule has 4 nitrogen and oxygen atoms in total. The number of halogens is 3. The fraction of sp³-hybridized carbons (Fsp3) is 0.684. The Hall–Kier alpha value is -1.31. The Morgan fingerprint density at radius 3 is 2.27 bits per heavy atom. The minimum absolute atomic E-state index is 0.167. The summed E-state index contributed by atoms with van der Waals surface area (Å²) in [6.07, 6.45) is 0.829. The molecule has 0 fully saturated rings. The molecule has 0 unspecified atom stereocenters. The van der Waals surface area contributed by atoms with E-state index in [-0.39, 0.29) is 25.2 Å². The number of aliphatic hydroxyl groups is 2. The number of rotatable bonds is 12. The van der Waals surface area contributed by atoms with E-state index in [9.17, 15) is 23.4 Å². The van der Waals surface area contributed by atoms with Crippen LogP contribution in [0.4, 0.5) is 13.2 Å². The van der Waals surface area contributed by atoms with Crippen LogP contribution in [-0.4, -0.2) is 35.6 Å². The van der Waals surface area contributed by atoms with E-state index < -0.39 is 30.5 Å². The Balaban J connectivity index is 2.74. The number of hydrogen-bond acceptors (Lipinski definition) is 4. The van der Waals surface area contributed by atoms with Crippen LogP contribution in [0, 0.1) is 0 Å². The molecule has 0 aliphatic rings. The second-order valence-electron chi connectivity index (χ2n) is 6.77. The van der Waals surface area contributed by atoms with Gasteiger partial charge in [0.25, 0.3) is 0 Å². The fourth-order valence-electron chi connectivity index (χ4n) is 2.57. The highest BCUT2D eigenvalue weighted by atomic mass is 19.4.